The van der Waals surface area contributed by atoms with Gasteiger partial charge in [0, 0.05) is 0 Å². The second kappa shape index (κ2) is 3.46. The molecule has 0 aromatic heterocycles. The summed E-state index contributed by atoms with van der Waals surface area (Å²) in [6.07, 6.45) is 12.1. The minimum absolute atomic E-state index is 1.18. The van der Waals surface area contributed by atoms with Crippen LogP contribution in [0.25, 0.3) is 0 Å². The van der Waals surface area contributed by atoms with E-state index in [1.165, 1.54) is 5.57 Å². The van der Waals surface area contributed by atoms with Gasteiger partial charge in [-0.15, -0.1) is 0 Å². The van der Waals surface area contributed by atoms with E-state index in [0.717, 1.165) is 0 Å². The summed E-state index contributed by atoms with van der Waals surface area (Å²) in [6.45, 7) is 0. The fourth-order valence-electron chi connectivity index (χ4n) is 0.590. The van der Waals surface area contributed by atoms with Crippen LogP contribution in [-0.2, 0) is 0 Å². The van der Waals surface area contributed by atoms with Crippen LogP contribution < -0.4 is 0 Å². The van der Waals surface area contributed by atoms with Crippen LogP contribution >= 0.6 is 15.9 Å². The van der Waals surface area contributed by atoms with Crippen LogP contribution in [0.15, 0.2) is 47.0 Å². The zero-order valence-electron chi connectivity index (χ0n) is 4.92. The summed E-state index contributed by atoms with van der Waals surface area (Å²) in [4.78, 5) is 1.90. The predicted molar refractivity (Wildman–Crippen MR) is 44.4 cm³/mol. The summed E-state index contributed by atoms with van der Waals surface area (Å²) >= 11 is 3.25. The van der Waals surface area contributed by atoms with E-state index in [4.69, 9.17) is 0 Å². The van der Waals surface area contributed by atoms with Crippen molar-refractivity contribution in [3.05, 3.63) is 47.0 Å². The molecule has 0 spiro atoms. The van der Waals surface area contributed by atoms with Crippen LogP contribution in [0.5, 0.6) is 0 Å². The summed E-state index contributed by atoms with van der Waals surface area (Å²) in [5.74, 6) is 0. The number of halogens is 1. The van der Waals surface area contributed by atoms with Gasteiger partial charge in [-0.2, -0.15) is 0 Å². The van der Waals surface area contributed by atoms with E-state index in [1.54, 1.807) is 0 Å². The molecule has 0 nitrogen and oxygen atoms in total. The molecule has 0 aromatic rings. The molecule has 1 rings (SSSR count). The second-order valence-electron chi connectivity index (χ2n) is 1.71. The number of allylic oxidation sites excluding steroid dienone is 7. The van der Waals surface area contributed by atoms with Gasteiger partial charge in [-0.1, -0.05) is 52.4 Å². The van der Waals surface area contributed by atoms with Gasteiger partial charge < -0.3 is 0 Å². The number of hydrogen-bond acceptors (Lipinski definition) is 0. The minimum Gasteiger partial charge on any atom is -0.0622 e. The van der Waals surface area contributed by atoms with E-state index in [2.05, 4.69) is 15.9 Å². The van der Waals surface area contributed by atoms with Gasteiger partial charge in [0.15, 0.2) is 0 Å². The van der Waals surface area contributed by atoms with E-state index in [0.29, 0.717) is 0 Å². The Bertz CT molecular complexity index is 177. The highest BCUT2D eigenvalue weighted by molar-refractivity contribution is 9.11. The smallest absolute Gasteiger partial charge is 0.0116 e. The Morgan fingerprint density at radius 1 is 1.00 bits per heavy atom. The monoisotopic (exact) mass is 182 g/mol. The summed E-state index contributed by atoms with van der Waals surface area (Å²) < 4.78 is 0. The lowest BCUT2D eigenvalue weighted by Gasteiger charge is -1.83. The van der Waals surface area contributed by atoms with E-state index in [9.17, 15) is 0 Å². The van der Waals surface area contributed by atoms with Crippen molar-refractivity contribution in [1.82, 2.24) is 0 Å². The molecular formula is C8H7Br. The summed E-state index contributed by atoms with van der Waals surface area (Å²) in [6, 6.07) is 0. The van der Waals surface area contributed by atoms with E-state index in [1.807, 2.05) is 41.4 Å². The topological polar surface area (TPSA) is 0 Å². The maximum atomic E-state index is 3.25. The van der Waals surface area contributed by atoms with Crippen molar-refractivity contribution >= 4 is 15.9 Å². The van der Waals surface area contributed by atoms with E-state index < -0.39 is 0 Å². The van der Waals surface area contributed by atoms with Gasteiger partial charge in [0.2, 0.25) is 0 Å². The molecule has 0 unspecified atom stereocenters. The zero-order chi connectivity index (χ0) is 6.53. The van der Waals surface area contributed by atoms with E-state index in [-0.39, 0.29) is 0 Å². The quantitative estimate of drug-likeness (QED) is 0.541. The van der Waals surface area contributed by atoms with Crippen LogP contribution in [-0.4, -0.2) is 0 Å². The fraction of sp³-hybridized carbons (Fsp3) is 0. The predicted octanol–water partition coefficient (Wildman–Crippen LogP) is 2.95. The Kier molecular flexibility index (Phi) is 2.52. The van der Waals surface area contributed by atoms with Crippen molar-refractivity contribution in [3.8, 4) is 0 Å². The first-order valence-electron chi connectivity index (χ1n) is 2.75. The zero-order valence-corrected chi connectivity index (χ0v) is 6.51. The first-order chi connectivity index (χ1) is 4.43. The number of hydrogen-bond donors (Lipinski definition) is 0. The molecule has 1 aliphatic carbocycles. The summed E-state index contributed by atoms with van der Waals surface area (Å²) in [5, 5.41) is 0. The molecule has 0 heterocycles. The van der Waals surface area contributed by atoms with Gasteiger partial charge in [0.05, 0.1) is 0 Å². The second-order valence-corrected chi connectivity index (χ2v) is 2.17. The van der Waals surface area contributed by atoms with Gasteiger partial charge in [-0.05, 0) is 10.6 Å². The van der Waals surface area contributed by atoms with Crippen molar-refractivity contribution in [1.29, 1.82) is 0 Å². The van der Waals surface area contributed by atoms with Crippen LogP contribution in [0, 0.1) is 0 Å². The molecule has 0 saturated carbocycles. The van der Waals surface area contributed by atoms with Gasteiger partial charge in [0.1, 0.15) is 0 Å². The molecule has 1 heteroatoms. The molecule has 0 aromatic carbocycles. The Labute approximate surface area is 63.4 Å². The Hall–Kier alpha value is -0.560. The Morgan fingerprint density at radius 3 is 2.00 bits per heavy atom. The average molecular weight is 183 g/mol. The van der Waals surface area contributed by atoms with Crippen molar-refractivity contribution in [2.24, 2.45) is 0 Å². The van der Waals surface area contributed by atoms with Gasteiger partial charge in [-0.3, -0.25) is 0 Å². The van der Waals surface area contributed by atoms with Crippen molar-refractivity contribution < 1.29 is 0 Å². The first kappa shape index (κ1) is 6.56. The highest BCUT2D eigenvalue weighted by atomic mass is 79.9. The standard InChI is InChI=1S/C8H7Br/c9-7-8-5-3-1-2-4-6-8/h1-7H. The van der Waals surface area contributed by atoms with Gasteiger partial charge in [-0.25, -0.2) is 0 Å². The van der Waals surface area contributed by atoms with Crippen molar-refractivity contribution in [2.45, 2.75) is 0 Å². The molecule has 0 aliphatic heterocycles. The van der Waals surface area contributed by atoms with Crippen LogP contribution in [0.3, 0.4) is 0 Å². The third-order valence-electron chi connectivity index (χ3n) is 1.04. The first-order valence-corrected chi connectivity index (χ1v) is 3.67. The van der Waals surface area contributed by atoms with Gasteiger partial charge >= 0.3 is 0 Å². The Balaban J connectivity index is 2.82. The molecule has 0 amide bonds. The van der Waals surface area contributed by atoms with Crippen molar-refractivity contribution in [2.75, 3.05) is 0 Å². The fourth-order valence-corrected chi connectivity index (χ4v) is 0.895. The Morgan fingerprint density at radius 2 is 1.56 bits per heavy atom. The van der Waals surface area contributed by atoms with Crippen molar-refractivity contribution in [3.63, 3.8) is 0 Å². The molecule has 9 heavy (non-hydrogen) atoms. The van der Waals surface area contributed by atoms with Gasteiger partial charge in [0.25, 0.3) is 0 Å². The SMILES string of the molecule is BrC=C1C=CC=CC=C1. The molecule has 0 fully saturated rings. The highest BCUT2D eigenvalue weighted by Crippen LogP contribution is 2.05. The lowest BCUT2D eigenvalue weighted by atomic mass is 10.3. The maximum Gasteiger partial charge on any atom is -0.0116 e. The summed E-state index contributed by atoms with van der Waals surface area (Å²) in [5.41, 5.74) is 1.18. The molecular weight excluding hydrogens is 176 g/mol. The molecule has 0 N–H and O–H groups in total. The third kappa shape index (κ3) is 2.02. The molecule has 0 atom stereocenters. The highest BCUT2D eigenvalue weighted by Gasteiger charge is 1.82. The molecule has 0 bridgehead atoms. The van der Waals surface area contributed by atoms with Crippen LogP contribution in [0.4, 0.5) is 0 Å². The average Bonchev–Trinajstić information content (AvgIpc) is 2.13. The number of rotatable bonds is 0. The lowest BCUT2D eigenvalue weighted by Crippen LogP contribution is -1.62. The minimum atomic E-state index is 1.18. The maximum absolute atomic E-state index is 3.25. The third-order valence-corrected chi connectivity index (χ3v) is 1.57. The normalized spacial score (nSPS) is 15.9. The summed E-state index contributed by atoms with van der Waals surface area (Å²) in [7, 11) is 0. The lowest BCUT2D eigenvalue weighted by molar-refractivity contribution is 1.76. The van der Waals surface area contributed by atoms with Crippen LogP contribution in [0.1, 0.15) is 0 Å². The molecule has 46 valence electrons. The molecule has 0 saturated heterocycles. The largest absolute Gasteiger partial charge is 0.0622 e. The van der Waals surface area contributed by atoms with Crippen LogP contribution in [0.2, 0.25) is 0 Å². The molecule has 0 radical (unpaired) electrons. The molecule has 1 aliphatic rings. The van der Waals surface area contributed by atoms with E-state index >= 15 is 0 Å².